The molecule has 8 heteroatoms. The maximum atomic E-state index is 5.54. The molecule has 0 radical (unpaired) electrons. The molecule has 0 saturated carbocycles. The Morgan fingerprint density at radius 2 is 1.91 bits per heavy atom. The maximum absolute atomic E-state index is 5.54. The van der Waals surface area contributed by atoms with Crippen LogP contribution in [0.25, 0.3) is 5.65 Å². The van der Waals surface area contributed by atoms with Crippen molar-refractivity contribution in [1.82, 2.24) is 24.5 Å². The van der Waals surface area contributed by atoms with E-state index in [-0.39, 0.29) is 0 Å². The van der Waals surface area contributed by atoms with Gasteiger partial charge < -0.3 is 24.1 Å². The SMILES string of the molecule is CN=C(NCc1cn2c(C)cccc2n1)N1CCN(Cc2cc(OC)ccc2OC)CC1. The first kappa shape index (κ1) is 22.0. The molecule has 3 heterocycles. The first-order chi connectivity index (χ1) is 15.6. The van der Waals surface area contributed by atoms with E-state index in [0.29, 0.717) is 6.54 Å². The van der Waals surface area contributed by atoms with Gasteiger partial charge in [-0.2, -0.15) is 0 Å². The first-order valence-electron chi connectivity index (χ1n) is 10.9. The van der Waals surface area contributed by atoms with E-state index in [1.165, 1.54) is 5.69 Å². The summed E-state index contributed by atoms with van der Waals surface area (Å²) in [6.45, 7) is 7.30. The highest BCUT2D eigenvalue weighted by Crippen LogP contribution is 2.25. The zero-order chi connectivity index (χ0) is 22.5. The number of methoxy groups -OCH3 is 2. The second-order valence-electron chi connectivity index (χ2n) is 7.97. The molecule has 0 bridgehead atoms. The van der Waals surface area contributed by atoms with Crippen LogP contribution in [-0.2, 0) is 13.1 Å². The van der Waals surface area contributed by atoms with Gasteiger partial charge in [-0.1, -0.05) is 6.07 Å². The van der Waals surface area contributed by atoms with Crippen molar-refractivity contribution in [2.24, 2.45) is 4.99 Å². The number of aryl methyl sites for hydroxylation is 1. The summed E-state index contributed by atoms with van der Waals surface area (Å²) in [4.78, 5) is 14.0. The van der Waals surface area contributed by atoms with Crippen molar-refractivity contribution < 1.29 is 9.47 Å². The lowest BCUT2D eigenvalue weighted by Crippen LogP contribution is -2.52. The lowest BCUT2D eigenvalue weighted by Gasteiger charge is -2.36. The fourth-order valence-electron chi connectivity index (χ4n) is 4.15. The molecule has 0 spiro atoms. The minimum absolute atomic E-state index is 0.648. The molecule has 0 atom stereocenters. The van der Waals surface area contributed by atoms with Crippen LogP contribution in [0.5, 0.6) is 11.5 Å². The molecule has 1 saturated heterocycles. The smallest absolute Gasteiger partial charge is 0.194 e. The lowest BCUT2D eigenvalue weighted by atomic mass is 10.1. The van der Waals surface area contributed by atoms with Crippen LogP contribution in [-0.4, -0.2) is 72.6 Å². The lowest BCUT2D eigenvalue weighted by molar-refractivity contribution is 0.171. The van der Waals surface area contributed by atoms with Crippen molar-refractivity contribution >= 4 is 11.6 Å². The number of benzene rings is 1. The normalized spacial score (nSPS) is 15.2. The van der Waals surface area contributed by atoms with Gasteiger partial charge in [0.15, 0.2) is 5.96 Å². The monoisotopic (exact) mass is 436 g/mol. The number of ether oxygens (including phenoxy) is 2. The van der Waals surface area contributed by atoms with Crippen molar-refractivity contribution in [3.8, 4) is 11.5 Å². The van der Waals surface area contributed by atoms with Gasteiger partial charge in [-0.3, -0.25) is 9.89 Å². The minimum atomic E-state index is 0.648. The predicted octanol–water partition coefficient (Wildman–Crippen LogP) is 2.55. The topological polar surface area (TPSA) is 66.6 Å². The number of nitrogens with zero attached hydrogens (tertiary/aromatic N) is 5. The average Bonchev–Trinajstić information content (AvgIpc) is 3.25. The van der Waals surface area contributed by atoms with Crippen LogP contribution in [0.2, 0.25) is 0 Å². The summed E-state index contributed by atoms with van der Waals surface area (Å²) in [5.41, 5.74) is 4.29. The van der Waals surface area contributed by atoms with Crippen LogP contribution in [0.3, 0.4) is 0 Å². The number of guanidine groups is 1. The molecule has 3 aromatic rings. The summed E-state index contributed by atoms with van der Waals surface area (Å²) < 4.78 is 13.0. The summed E-state index contributed by atoms with van der Waals surface area (Å²) in [6.07, 6.45) is 2.09. The van der Waals surface area contributed by atoms with Crippen molar-refractivity contribution in [1.29, 1.82) is 0 Å². The van der Waals surface area contributed by atoms with Gasteiger partial charge in [0.1, 0.15) is 17.1 Å². The second kappa shape index (κ2) is 9.91. The number of aromatic nitrogens is 2. The predicted molar refractivity (Wildman–Crippen MR) is 127 cm³/mol. The van der Waals surface area contributed by atoms with Gasteiger partial charge in [0, 0.05) is 57.2 Å². The van der Waals surface area contributed by atoms with Crippen LogP contribution >= 0.6 is 0 Å². The third-order valence-corrected chi connectivity index (χ3v) is 5.94. The molecule has 1 fully saturated rings. The molecular weight excluding hydrogens is 404 g/mol. The zero-order valence-electron chi connectivity index (χ0n) is 19.3. The molecule has 170 valence electrons. The largest absolute Gasteiger partial charge is 0.497 e. The molecular formula is C24H32N6O2. The quantitative estimate of drug-likeness (QED) is 0.473. The van der Waals surface area contributed by atoms with E-state index in [1.807, 2.05) is 31.3 Å². The third-order valence-electron chi connectivity index (χ3n) is 5.94. The van der Waals surface area contributed by atoms with Crippen molar-refractivity contribution in [2.75, 3.05) is 47.4 Å². The molecule has 4 rings (SSSR count). The van der Waals surface area contributed by atoms with E-state index in [2.05, 4.69) is 49.8 Å². The number of piperazine rings is 1. The molecule has 2 aromatic heterocycles. The van der Waals surface area contributed by atoms with Crippen molar-refractivity contribution in [3.05, 3.63) is 59.5 Å². The van der Waals surface area contributed by atoms with E-state index in [4.69, 9.17) is 14.5 Å². The molecule has 8 nitrogen and oxygen atoms in total. The first-order valence-corrected chi connectivity index (χ1v) is 10.9. The van der Waals surface area contributed by atoms with E-state index in [0.717, 1.165) is 67.1 Å². The Morgan fingerprint density at radius 1 is 1.09 bits per heavy atom. The Kier molecular flexibility index (Phi) is 6.80. The molecule has 0 aliphatic carbocycles. The summed E-state index contributed by atoms with van der Waals surface area (Å²) in [7, 11) is 5.24. The van der Waals surface area contributed by atoms with Crippen LogP contribution < -0.4 is 14.8 Å². The van der Waals surface area contributed by atoms with Gasteiger partial charge in [0.25, 0.3) is 0 Å². The number of rotatable bonds is 6. The Labute approximate surface area is 189 Å². The second-order valence-corrected chi connectivity index (χ2v) is 7.97. The highest BCUT2D eigenvalue weighted by atomic mass is 16.5. The van der Waals surface area contributed by atoms with Crippen LogP contribution in [0, 0.1) is 6.92 Å². The average molecular weight is 437 g/mol. The fourth-order valence-corrected chi connectivity index (χ4v) is 4.15. The number of fused-ring (bicyclic) bond motifs is 1. The van der Waals surface area contributed by atoms with E-state index in [1.54, 1.807) is 14.2 Å². The standard InChI is InChI=1S/C24H32N6O2/c1-18-6-5-7-23-27-20(17-30(18)23)15-26-24(25-2)29-12-10-28(11-13-29)16-19-14-21(31-3)8-9-22(19)32-4/h5-9,14,17H,10-13,15-16H2,1-4H3,(H,25,26). The van der Waals surface area contributed by atoms with E-state index >= 15 is 0 Å². The van der Waals surface area contributed by atoms with Crippen molar-refractivity contribution in [3.63, 3.8) is 0 Å². The zero-order valence-corrected chi connectivity index (χ0v) is 19.3. The van der Waals surface area contributed by atoms with E-state index < -0.39 is 0 Å². The van der Waals surface area contributed by atoms with Crippen LogP contribution in [0.15, 0.2) is 47.6 Å². The highest BCUT2D eigenvalue weighted by Gasteiger charge is 2.21. The van der Waals surface area contributed by atoms with Crippen LogP contribution in [0.4, 0.5) is 0 Å². The maximum Gasteiger partial charge on any atom is 0.194 e. The Bertz CT molecular complexity index is 1090. The Hall–Kier alpha value is -3.26. The van der Waals surface area contributed by atoms with Gasteiger partial charge >= 0.3 is 0 Å². The highest BCUT2D eigenvalue weighted by molar-refractivity contribution is 5.80. The number of aliphatic imine (C=N–C) groups is 1. The third kappa shape index (κ3) is 4.80. The summed E-state index contributed by atoms with van der Waals surface area (Å²) >= 11 is 0. The van der Waals surface area contributed by atoms with Gasteiger partial charge in [-0.05, 0) is 37.3 Å². The number of imidazole rings is 1. The van der Waals surface area contributed by atoms with Crippen molar-refractivity contribution in [2.45, 2.75) is 20.0 Å². The summed E-state index contributed by atoms with van der Waals surface area (Å²) in [5.74, 6) is 2.66. The number of nitrogens with one attached hydrogen (secondary N) is 1. The number of hydrogen-bond acceptors (Lipinski definition) is 5. The van der Waals surface area contributed by atoms with Gasteiger partial charge in [0.2, 0.25) is 0 Å². The molecule has 1 aromatic carbocycles. The van der Waals surface area contributed by atoms with Gasteiger partial charge in [-0.15, -0.1) is 0 Å². The fraction of sp³-hybridized carbons (Fsp3) is 0.417. The number of hydrogen-bond donors (Lipinski definition) is 1. The van der Waals surface area contributed by atoms with Gasteiger partial charge in [-0.25, -0.2) is 4.98 Å². The van der Waals surface area contributed by atoms with Gasteiger partial charge in [0.05, 0.1) is 26.5 Å². The molecule has 1 aliphatic rings. The molecule has 0 amide bonds. The van der Waals surface area contributed by atoms with Crippen LogP contribution in [0.1, 0.15) is 17.0 Å². The Balaban J connectivity index is 1.33. The Morgan fingerprint density at radius 3 is 2.59 bits per heavy atom. The molecule has 0 unspecified atom stereocenters. The minimum Gasteiger partial charge on any atom is -0.497 e. The molecule has 1 aliphatic heterocycles. The molecule has 32 heavy (non-hydrogen) atoms. The molecule has 1 N–H and O–H groups in total. The number of pyridine rings is 1. The summed E-state index contributed by atoms with van der Waals surface area (Å²) in [6, 6.07) is 12.1. The summed E-state index contributed by atoms with van der Waals surface area (Å²) in [5, 5.41) is 3.48. The van der Waals surface area contributed by atoms with E-state index in [9.17, 15) is 0 Å².